The Labute approximate surface area is 377 Å². The second kappa shape index (κ2) is 24.1. The van der Waals surface area contributed by atoms with Crippen molar-refractivity contribution in [2.45, 2.75) is 19.3 Å². The van der Waals surface area contributed by atoms with Gasteiger partial charge in [-0.1, -0.05) is 194 Å². The number of rotatable bonds is 12. The Bertz CT molecular complexity index is 2540. The number of pyridine rings is 2. The maximum absolute atomic E-state index is 11.8. The van der Waals surface area contributed by atoms with Crippen LogP contribution in [0.2, 0.25) is 0 Å². The van der Waals surface area contributed by atoms with E-state index in [0.29, 0.717) is 33.4 Å². The van der Waals surface area contributed by atoms with Gasteiger partial charge in [0.2, 0.25) is 0 Å². The normalized spacial score (nSPS) is 10.1. The fraction of sp³-hybridized carbons (Fsp3) is 0.0526. The van der Waals surface area contributed by atoms with Crippen LogP contribution in [0.3, 0.4) is 0 Å². The Morgan fingerprint density at radius 1 is 0.277 bits per heavy atom. The number of hydrogen-bond acceptors (Lipinski definition) is 8. The van der Waals surface area contributed by atoms with Crippen LogP contribution in [0.15, 0.2) is 231 Å². The van der Waals surface area contributed by atoms with Crippen molar-refractivity contribution in [3.63, 3.8) is 0 Å². The number of hydrogen-bond donors (Lipinski definition) is 0. The summed E-state index contributed by atoms with van der Waals surface area (Å²) in [5, 5.41) is 2.28. The van der Waals surface area contributed by atoms with E-state index in [1.165, 1.54) is 0 Å². The van der Waals surface area contributed by atoms with Gasteiger partial charge in [-0.25, -0.2) is 0 Å². The van der Waals surface area contributed by atoms with Crippen molar-refractivity contribution in [3.8, 4) is 0 Å². The zero-order chi connectivity index (χ0) is 45.6. The monoisotopic (exact) mass is 852 g/mol. The molecule has 8 nitrogen and oxygen atoms in total. The minimum Gasteiger partial charge on any atom is -0.294 e. The zero-order valence-electron chi connectivity index (χ0n) is 35.4. The topological polar surface area (TPSA) is 128 Å². The quantitative estimate of drug-likeness (QED) is 0.0675. The molecule has 0 amide bonds. The summed E-state index contributed by atoms with van der Waals surface area (Å²) in [6, 6.07) is 65.3. The number of ketones is 6. The van der Waals surface area contributed by atoms with Gasteiger partial charge in [0.15, 0.2) is 34.7 Å². The smallest absolute Gasteiger partial charge is 0.170 e. The molecule has 0 unspecified atom stereocenters. The van der Waals surface area contributed by atoms with Gasteiger partial charge in [-0.05, 0) is 24.3 Å². The van der Waals surface area contributed by atoms with Gasteiger partial charge in [0.1, 0.15) is 0 Å². The van der Waals surface area contributed by atoms with E-state index in [1.807, 2.05) is 60.8 Å². The molecule has 0 aliphatic rings. The number of benzene rings is 7. The summed E-state index contributed by atoms with van der Waals surface area (Å²) in [5.41, 5.74) is 5.51. The molecule has 8 heteroatoms. The van der Waals surface area contributed by atoms with Gasteiger partial charge in [0, 0.05) is 56.5 Å². The molecule has 0 fully saturated rings. The van der Waals surface area contributed by atoms with Crippen molar-refractivity contribution in [1.82, 2.24) is 9.97 Å². The van der Waals surface area contributed by atoms with E-state index < -0.39 is 0 Å². The maximum Gasteiger partial charge on any atom is 0.170 e. The van der Waals surface area contributed by atoms with Crippen LogP contribution in [0.5, 0.6) is 0 Å². The first kappa shape index (κ1) is 45.9. The molecule has 0 N–H and O–H groups in total. The largest absolute Gasteiger partial charge is 0.294 e. The minimum atomic E-state index is -0.139. The highest BCUT2D eigenvalue weighted by atomic mass is 16.2. The van der Waals surface area contributed by atoms with Crippen LogP contribution in [0.4, 0.5) is 0 Å². The van der Waals surface area contributed by atoms with Gasteiger partial charge >= 0.3 is 0 Å². The highest BCUT2D eigenvalue weighted by molar-refractivity contribution is 6.15. The standard InChI is InChI=1S/3C15H12O2.C12H8N2/c3*16-14(12-7-3-1-4-8-12)11-15(17)13-9-5-2-6-10-13;1-3-9-5-6-11-10(4-2-7-13-11)12(9)14-8-1/h3*1-10H,11H2;1-8H. The lowest BCUT2D eigenvalue weighted by molar-refractivity contribution is 0.0878. The summed E-state index contributed by atoms with van der Waals surface area (Å²) >= 11 is 0. The predicted octanol–water partition coefficient (Wildman–Crippen LogP) is 12.2. The first-order chi connectivity index (χ1) is 31.8. The van der Waals surface area contributed by atoms with Crippen LogP contribution in [-0.4, -0.2) is 44.7 Å². The number of carbonyl (C=O) groups is 6. The van der Waals surface area contributed by atoms with E-state index in [0.717, 1.165) is 21.8 Å². The summed E-state index contributed by atoms with van der Waals surface area (Å²) < 4.78 is 0. The van der Waals surface area contributed by atoms with Crippen LogP contribution in [0, 0.1) is 0 Å². The van der Waals surface area contributed by atoms with Gasteiger partial charge in [-0.2, -0.15) is 0 Å². The molecule has 2 heterocycles. The molecule has 0 bridgehead atoms. The van der Waals surface area contributed by atoms with Crippen molar-refractivity contribution in [2.24, 2.45) is 0 Å². The lowest BCUT2D eigenvalue weighted by atomic mass is 10.0. The Hall–Kier alpha value is -8.62. The molecule has 2 aromatic heterocycles. The molecule has 65 heavy (non-hydrogen) atoms. The van der Waals surface area contributed by atoms with E-state index in [-0.39, 0.29) is 54.0 Å². The Balaban J connectivity index is 0.000000144. The fourth-order valence-electron chi connectivity index (χ4n) is 6.49. The van der Waals surface area contributed by atoms with Gasteiger partial charge in [-0.3, -0.25) is 38.7 Å². The highest BCUT2D eigenvalue weighted by Crippen LogP contribution is 2.21. The summed E-state index contributed by atoms with van der Waals surface area (Å²) in [7, 11) is 0. The Morgan fingerprint density at radius 3 is 0.862 bits per heavy atom. The Kier molecular flexibility index (Phi) is 17.0. The molecule has 7 aromatic carbocycles. The fourth-order valence-corrected chi connectivity index (χ4v) is 6.49. The summed E-state index contributed by atoms with van der Waals surface area (Å²) in [6.45, 7) is 0. The van der Waals surface area contributed by atoms with Crippen LogP contribution in [0.1, 0.15) is 81.4 Å². The molecule has 9 aromatic rings. The van der Waals surface area contributed by atoms with Gasteiger partial charge in [-0.15, -0.1) is 0 Å². The zero-order valence-corrected chi connectivity index (χ0v) is 35.4. The molecule has 0 radical (unpaired) electrons. The number of aromatic nitrogens is 2. The van der Waals surface area contributed by atoms with E-state index in [9.17, 15) is 28.8 Å². The third-order valence-corrected chi connectivity index (χ3v) is 9.89. The average molecular weight is 853 g/mol. The molecule has 0 atom stereocenters. The van der Waals surface area contributed by atoms with Gasteiger partial charge in [0.05, 0.1) is 30.3 Å². The van der Waals surface area contributed by atoms with Crippen molar-refractivity contribution >= 4 is 56.5 Å². The third kappa shape index (κ3) is 13.9. The summed E-state index contributed by atoms with van der Waals surface area (Å²) in [6.07, 6.45) is 3.39. The second-order valence-electron chi connectivity index (χ2n) is 14.5. The number of Topliss-reactive ketones (excluding diaryl/α,β-unsaturated/α-hetero) is 6. The van der Waals surface area contributed by atoms with Crippen molar-refractivity contribution in [2.75, 3.05) is 0 Å². The van der Waals surface area contributed by atoms with E-state index in [4.69, 9.17) is 0 Å². The van der Waals surface area contributed by atoms with E-state index in [1.54, 1.807) is 152 Å². The predicted molar refractivity (Wildman–Crippen MR) is 256 cm³/mol. The van der Waals surface area contributed by atoms with Crippen LogP contribution in [0.25, 0.3) is 21.8 Å². The van der Waals surface area contributed by atoms with Crippen LogP contribution in [-0.2, 0) is 0 Å². The SMILES string of the molecule is O=C(CC(=O)c1ccccc1)c1ccccc1.O=C(CC(=O)c1ccccc1)c1ccccc1.O=C(CC(=O)c1ccccc1)c1ccccc1.c1cnc2c(c1)ccc1ncccc12. The maximum atomic E-state index is 11.8. The lowest BCUT2D eigenvalue weighted by Crippen LogP contribution is -2.08. The van der Waals surface area contributed by atoms with Crippen LogP contribution < -0.4 is 0 Å². The van der Waals surface area contributed by atoms with Crippen LogP contribution >= 0.6 is 0 Å². The number of fused-ring (bicyclic) bond motifs is 3. The van der Waals surface area contributed by atoms with Gasteiger partial charge in [0.25, 0.3) is 0 Å². The molecule has 0 aliphatic heterocycles. The first-order valence-electron chi connectivity index (χ1n) is 20.8. The van der Waals surface area contributed by atoms with E-state index in [2.05, 4.69) is 28.2 Å². The third-order valence-electron chi connectivity index (χ3n) is 9.89. The molecular formula is C57H44N2O6. The van der Waals surface area contributed by atoms with Crippen molar-refractivity contribution < 1.29 is 28.8 Å². The Morgan fingerprint density at radius 2 is 0.554 bits per heavy atom. The molecule has 9 rings (SSSR count). The second-order valence-corrected chi connectivity index (χ2v) is 14.5. The summed E-state index contributed by atoms with van der Waals surface area (Å²) in [4.78, 5) is 79.5. The number of carbonyl (C=O) groups excluding carboxylic acids is 6. The molecule has 0 saturated heterocycles. The van der Waals surface area contributed by atoms with Crippen molar-refractivity contribution in [1.29, 1.82) is 0 Å². The van der Waals surface area contributed by atoms with E-state index >= 15 is 0 Å². The molecular weight excluding hydrogens is 809 g/mol. The van der Waals surface area contributed by atoms with Crippen molar-refractivity contribution in [3.05, 3.63) is 264 Å². The lowest BCUT2D eigenvalue weighted by Gasteiger charge is -2.00. The molecule has 0 aliphatic carbocycles. The molecule has 0 saturated carbocycles. The number of nitrogens with zero attached hydrogens (tertiary/aromatic N) is 2. The molecule has 0 spiro atoms. The van der Waals surface area contributed by atoms with Gasteiger partial charge < -0.3 is 0 Å². The highest BCUT2D eigenvalue weighted by Gasteiger charge is 2.15. The average Bonchev–Trinajstić information content (AvgIpc) is 3.38. The first-order valence-corrected chi connectivity index (χ1v) is 20.8. The summed E-state index contributed by atoms with van der Waals surface area (Å²) in [5.74, 6) is -0.836. The molecule has 318 valence electrons. The minimum absolute atomic E-state index is 0.0754.